The zero-order chi connectivity index (χ0) is 11.1. The third-order valence-electron chi connectivity index (χ3n) is 0.943. The van der Waals surface area contributed by atoms with Crippen LogP contribution in [-0.4, -0.2) is 31.9 Å². The summed E-state index contributed by atoms with van der Waals surface area (Å²) in [6.07, 6.45) is 6.85. The number of ether oxygens (including phenoxy) is 2. The van der Waals surface area contributed by atoms with Crippen LogP contribution >= 0.6 is 0 Å². The summed E-state index contributed by atoms with van der Waals surface area (Å²) in [4.78, 5) is 0. The van der Waals surface area contributed by atoms with Crippen LogP contribution in [0.15, 0.2) is 50.6 Å². The molecule has 0 amide bonds. The van der Waals surface area contributed by atoms with E-state index in [1.54, 1.807) is 24.3 Å². The minimum atomic E-state index is 0. The van der Waals surface area contributed by atoms with E-state index in [1.165, 1.54) is 0 Å². The quantitative estimate of drug-likeness (QED) is 0.458. The highest BCUT2D eigenvalue weighted by Gasteiger charge is 1.71. The van der Waals surface area contributed by atoms with Gasteiger partial charge in [-0.15, -0.1) is 26.3 Å². The fourth-order valence-electron chi connectivity index (χ4n) is 0.469. The van der Waals surface area contributed by atoms with Crippen molar-refractivity contribution in [2.45, 2.75) is 0 Å². The third-order valence-corrected chi connectivity index (χ3v) is 0.943. The van der Waals surface area contributed by atoms with Gasteiger partial charge in [-0.3, -0.25) is 0 Å². The SMILES string of the molecule is C=CCOCC=C.C=CCOCC=C.O. The summed E-state index contributed by atoms with van der Waals surface area (Å²) in [7, 11) is 0. The maximum atomic E-state index is 4.90. The minimum absolute atomic E-state index is 0. The average Bonchev–Trinajstić information content (AvgIpc) is 2.21. The Hall–Kier alpha value is -1.16. The molecule has 0 aliphatic carbocycles. The Labute approximate surface area is 92.7 Å². The van der Waals surface area contributed by atoms with Crippen molar-refractivity contribution in [1.29, 1.82) is 0 Å². The van der Waals surface area contributed by atoms with Crippen LogP contribution in [0.4, 0.5) is 0 Å². The van der Waals surface area contributed by atoms with E-state index in [0.29, 0.717) is 26.4 Å². The molecular weight excluding hydrogens is 192 g/mol. The van der Waals surface area contributed by atoms with E-state index in [-0.39, 0.29) is 5.48 Å². The lowest BCUT2D eigenvalue weighted by Gasteiger charge is -1.89. The van der Waals surface area contributed by atoms with Gasteiger partial charge in [0.2, 0.25) is 0 Å². The van der Waals surface area contributed by atoms with Gasteiger partial charge >= 0.3 is 0 Å². The summed E-state index contributed by atoms with van der Waals surface area (Å²) >= 11 is 0. The Morgan fingerprint density at radius 1 is 0.600 bits per heavy atom. The van der Waals surface area contributed by atoms with Crippen molar-refractivity contribution in [3.05, 3.63) is 50.6 Å². The van der Waals surface area contributed by atoms with E-state index in [2.05, 4.69) is 26.3 Å². The molecular formula is C12H22O3. The summed E-state index contributed by atoms with van der Waals surface area (Å²) in [5, 5.41) is 0. The summed E-state index contributed by atoms with van der Waals surface area (Å²) in [5.74, 6) is 0. The zero-order valence-corrected chi connectivity index (χ0v) is 9.28. The Morgan fingerprint density at radius 3 is 0.933 bits per heavy atom. The van der Waals surface area contributed by atoms with E-state index < -0.39 is 0 Å². The predicted molar refractivity (Wildman–Crippen MR) is 66.0 cm³/mol. The van der Waals surface area contributed by atoms with E-state index in [1.807, 2.05) is 0 Å². The molecule has 0 aliphatic rings. The first-order chi connectivity index (χ1) is 6.83. The van der Waals surface area contributed by atoms with E-state index in [4.69, 9.17) is 9.47 Å². The molecule has 0 saturated carbocycles. The highest BCUT2D eigenvalue weighted by atomic mass is 16.5. The first-order valence-corrected chi connectivity index (χ1v) is 4.42. The molecule has 0 fully saturated rings. The molecule has 0 aliphatic heterocycles. The molecule has 3 nitrogen and oxygen atoms in total. The fourth-order valence-corrected chi connectivity index (χ4v) is 0.469. The molecule has 0 atom stereocenters. The topological polar surface area (TPSA) is 50.0 Å². The molecule has 2 N–H and O–H groups in total. The maximum absolute atomic E-state index is 4.90. The van der Waals surface area contributed by atoms with Gasteiger partial charge in [-0.25, -0.2) is 0 Å². The first-order valence-electron chi connectivity index (χ1n) is 4.42. The number of hydrogen-bond acceptors (Lipinski definition) is 2. The van der Waals surface area contributed by atoms with Crippen LogP contribution in [0.1, 0.15) is 0 Å². The van der Waals surface area contributed by atoms with Gasteiger partial charge in [-0.05, 0) is 0 Å². The zero-order valence-electron chi connectivity index (χ0n) is 9.28. The molecule has 3 heteroatoms. The van der Waals surface area contributed by atoms with Crippen molar-refractivity contribution >= 4 is 0 Å². The molecule has 0 heterocycles. The van der Waals surface area contributed by atoms with Gasteiger partial charge in [0.25, 0.3) is 0 Å². The summed E-state index contributed by atoms with van der Waals surface area (Å²) in [5.41, 5.74) is 0. The van der Waals surface area contributed by atoms with Crippen molar-refractivity contribution in [3.63, 3.8) is 0 Å². The first kappa shape index (κ1) is 19.4. The maximum Gasteiger partial charge on any atom is 0.0649 e. The van der Waals surface area contributed by atoms with Gasteiger partial charge < -0.3 is 14.9 Å². The van der Waals surface area contributed by atoms with Gasteiger partial charge in [0.05, 0.1) is 26.4 Å². The predicted octanol–water partition coefficient (Wildman–Crippen LogP) is 1.93. The third kappa shape index (κ3) is 32.2. The highest BCUT2D eigenvalue weighted by Crippen LogP contribution is 1.73. The van der Waals surface area contributed by atoms with Crippen LogP contribution < -0.4 is 0 Å². The lowest BCUT2D eigenvalue weighted by atomic mass is 10.6. The smallest absolute Gasteiger partial charge is 0.0649 e. The van der Waals surface area contributed by atoms with E-state index in [0.717, 1.165) is 0 Å². The molecule has 15 heavy (non-hydrogen) atoms. The van der Waals surface area contributed by atoms with Gasteiger partial charge in [0.15, 0.2) is 0 Å². The lowest BCUT2D eigenvalue weighted by molar-refractivity contribution is 0.194. The minimum Gasteiger partial charge on any atom is -0.412 e. The molecule has 0 spiro atoms. The Bertz CT molecular complexity index is 119. The largest absolute Gasteiger partial charge is 0.412 e. The fraction of sp³-hybridized carbons (Fsp3) is 0.333. The molecule has 0 aromatic heterocycles. The van der Waals surface area contributed by atoms with E-state index in [9.17, 15) is 0 Å². The molecule has 0 radical (unpaired) electrons. The number of hydrogen-bond donors (Lipinski definition) is 0. The molecule has 0 saturated heterocycles. The second-order valence-electron chi connectivity index (χ2n) is 2.23. The van der Waals surface area contributed by atoms with Gasteiger partial charge in [0.1, 0.15) is 0 Å². The van der Waals surface area contributed by atoms with Crippen LogP contribution in [0.2, 0.25) is 0 Å². The van der Waals surface area contributed by atoms with Gasteiger partial charge in [-0.2, -0.15) is 0 Å². The van der Waals surface area contributed by atoms with Crippen molar-refractivity contribution in [2.24, 2.45) is 0 Å². The van der Waals surface area contributed by atoms with E-state index >= 15 is 0 Å². The van der Waals surface area contributed by atoms with Crippen LogP contribution in [0, 0.1) is 0 Å². The van der Waals surface area contributed by atoms with Crippen LogP contribution in [0.5, 0.6) is 0 Å². The molecule has 0 aromatic rings. The summed E-state index contributed by atoms with van der Waals surface area (Å²) in [6, 6.07) is 0. The number of rotatable bonds is 8. The van der Waals surface area contributed by atoms with Crippen LogP contribution in [0.25, 0.3) is 0 Å². The Balaban J connectivity index is -0.000000180. The lowest BCUT2D eigenvalue weighted by Crippen LogP contribution is -1.87. The molecule has 0 unspecified atom stereocenters. The second kappa shape index (κ2) is 23.0. The molecule has 88 valence electrons. The normalized spacial score (nSPS) is 7.47. The van der Waals surface area contributed by atoms with Crippen molar-refractivity contribution in [2.75, 3.05) is 26.4 Å². The van der Waals surface area contributed by atoms with Crippen molar-refractivity contribution < 1.29 is 14.9 Å². The highest BCUT2D eigenvalue weighted by molar-refractivity contribution is 4.69. The molecule has 0 bridgehead atoms. The van der Waals surface area contributed by atoms with Crippen molar-refractivity contribution in [1.82, 2.24) is 0 Å². The van der Waals surface area contributed by atoms with Crippen LogP contribution in [0.3, 0.4) is 0 Å². The monoisotopic (exact) mass is 214 g/mol. The van der Waals surface area contributed by atoms with Crippen molar-refractivity contribution in [3.8, 4) is 0 Å². The van der Waals surface area contributed by atoms with Crippen LogP contribution in [-0.2, 0) is 9.47 Å². The molecule has 0 aromatic carbocycles. The van der Waals surface area contributed by atoms with Gasteiger partial charge in [0, 0.05) is 0 Å². The Morgan fingerprint density at radius 2 is 0.800 bits per heavy atom. The second-order valence-corrected chi connectivity index (χ2v) is 2.23. The van der Waals surface area contributed by atoms with Gasteiger partial charge in [-0.1, -0.05) is 24.3 Å². The molecule has 0 rings (SSSR count). The summed E-state index contributed by atoms with van der Waals surface area (Å²) < 4.78 is 9.79. The average molecular weight is 214 g/mol. The Kier molecular flexibility index (Phi) is 29.8. The summed E-state index contributed by atoms with van der Waals surface area (Å²) in [6.45, 7) is 16.4. The standard InChI is InChI=1S/2C6H10O.H2O/c2*1-3-5-7-6-4-2;/h2*3-4H,1-2,5-6H2;1H2.